The van der Waals surface area contributed by atoms with Crippen molar-refractivity contribution in [3.05, 3.63) is 60.2 Å². The molecule has 0 bridgehead atoms. The molecule has 7 nitrogen and oxygen atoms in total. The van der Waals surface area contributed by atoms with Crippen molar-refractivity contribution in [1.29, 1.82) is 0 Å². The first-order valence-electron chi connectivity index (χ1n) is 10.6. The van der Waals surface area contributed by atoms with Gasteiger partial charge in [0.1, 0.15) is 0 Å². The van der Waals surface area contributed by atoms with Gasteiger partial charge >= 0.3 is 0 Å². The second-order valence-corrected chi connectivity index (χ2v) is 11.7. The minimum atomic E-state index is -3.71. The van der Waals surface area contributed by atoms with Crippen LogP contribution >= 0.6 is 0 Å². The lowest BCUT2D eigenvalue weighted by atomic mass is 9.82. The fourth-order valence-corrected chi connectivity index (χ4v) is 7.00. The smallest absolute Gasteiger partial charge is 0.243 e. The second-order valence-electron chi connectivity index (χ2n) is 8.07. The monoisotopic (exact) mass is 464 g/mol. The minimum Gasteiger partial charge on any atom is -0.379 e. The molecule has 2 aromatic carbocycles. The highest BCUT2D eigenvalue weighted by Gasteiger charge is 2.29. The van der Waals surface area contributed by atoms with E-state index in [-0.39, 0.29) is 15.8 Å². The summed E-state index contributed by atoms with van der Waals surface area (Å²) in [6.07, 6.45) is 3.44. The fraction of sp³-hybridized carbons (Fsp3) is 0.455. The summed E-state index contributed by atoms with van der Waals surface area (Å²) in [6, 6.07) is 15.7. The van der Waals surface area contributed by atoms with Crippen LogP contribution in [0.1, 0.15) is 37.2 Å². The summed E-state index contributed by atoms with van der Waals surface area (Å²) in [5.41, 5.74) is 1.31. The molecule has 31 heavy (non-hydrogen) atoms. The van der Waals surface area contributed by atoms with Gasteiger partial charge in [0.25, 0.3) is 0 Å². The molecule has 1 heterocycles. The Morgan fingerprint density at radius 3 is 1.97 bits per heavy atom. The summed E-state index contributed by atoms with van der Waals surface area (Å²) in [5, 5.41) is 0. The molecule has 1 saturated carbocycles. The van der Waals surface area contributed by atoms with Crippen LogP contribution in [0.15, 0.2) is 64.4 Å². The van der Waals surface area contributed by atoms with Gasteiger partial charge in [-0.3, -0.25) is 0 Å². The Morgan fingerprint density at radius 2 is 1.35 bits per heavy atom. The third kappa shape index (κ3) is 5.18. The molecule has 0 amide bonds. The number of ether oxygens (including phenoxy) is 1. The average molecular weight is 465 g/mol. The quantitative estimate of drug-likeness (QED) is 0.710. The van der Waals surface area contributed by atoms with Gasteiger partial charge in [-0.2, -0.15) is 4.31 Å². The van der Waals surface area contributed by atoms with Crippen molar-refractivity contribution in [1.82, 2.24) is 9.03 Å². The van der Waals surface area contributed by atoms with Crippen LogP contribution in [0, 0.1) is 0 Å². The molecule has 0 aromatic heterocycles. The number of rotatable bonds is 6. The molecular weight excluding hydrogens is 436 g/mol. The summed E-state index contributed by atoms with van der Waals surface area (Å²) in [4.78, 5) is 0.176. The standard InChI is InChI=1S/C22H28N2O5S2/c25-30(26,23-20-8-6-19(7-9-20)18-4-2-1-3-5-18)21-10-12-22(13-11-21)31(27,28)24-14-16-29-17-15-24/h1-5,10-13,19-20,23H,6-9,14-17H2. The lowest BCUT2D eigenvalue weighted by Gasteiger charge is -2.29. The molecule has 1 N–H and O–H groups in total. The number of hydrogen-bond acceptors (Lipinski definition) is 5. The minimum absolute atomic E-state index is 0.0820. The van der Waals surface area contributed by atoms with Crippen molar-refractivity contribution >= 4 is 20.0 Å². The van der Waals surface area contributed by atoms with Crippen molar-refractivity contribution in [2.45, 2.75) is 47.4 Å². The highest BCUT2D eigenvalue weighted by molar-refractivity contribution is 7.89. The lowest BCUT2D eigenvalue weighted by molar-refractivity contribution is 0.0730. The maximum atomic E-state index is 12.8. The fourth-order valence-electron chi connectivity index (χ4n) is 4.28. The van der Waals surface area contributed by atoms with Crippen LogP contribution in [-0.4, -0.2) is 53.5 Å². The van der Waals surface area contributed by atoms with E-state index >= 15 is 0 Å². The van der Waals surface area contributed by atoms with Crippen LogP contribution in [-0.2, 0) is 24.8 Å². The molecule has 1 aliphatic carbocycles. The third-order valence-corrected chi connectivity index (χ3v) is 9.51. The summed E-state index contributed by atoms with van der Waals surface area (Å²) in [7, 11) is -7.35. The highest BCUT2D eigenvalue weighted by Crippen LogP contribution is 2.33. The zero-order chi connectivity index (χ0) is 21.9. The molecule has 1 saturated heterocycles. The van der Waals surface area contributed by atoms with E-state index in [1.54, 1.807) is 0 Å². The molecule has 0 spiro atoms. The van der Waals surface area contributed by atoms with Crippen molar-refractivity contribution in [3.63, 3.8) is 0 Å². The van der Waals surface area contributed by atoms with Gasteiger partial charge in [-0.1, -0.05) is 30.3 Å². The predicted molar refractivity (Wildman–Crippen MR) is 118 cm³/mol. The zero-order valence-corrected chi connectivity index (χ0v) is 18.9. The SMILES string of the molecule is O=S(=O)(NC1CCC(c2ccccc2)CC1)c1ccc(S(=O)(=O)N2CCOCC2)cc1. The summed E-state index contributed by atoms with van der Waals surface area (Å²) in [5.74, 6) is 0.464. The number of nitrogens with one attached hydrogen (secondary N) is 1. The van der Waals surface area contributed by atoms with E-state index in [1.165, 1.54) is 34.1 Å². The number of sulfonamides is 2. The Labute approximate surface area is 184 Å². The Bertz CT molecular complexity index is 1070. The molecule has 0 radical (unpaired) electrons. The van der Waals surface area contributed by atoms with Crippen molar-refractivity contribution in [3.8, 4) is 0 Å². The second kappa shape index (κ2) is 9.38. The Hall–Kier alpha value is -1.78. The maximum absolute atomic E-state index is 12.8. The molecule has 2 aromatic rings. The molecule has 0 atom stereocenters. The Balaban J connectivity index is 1.39. The number of morpholine rings is 1. The van der Waals surface area contributed by atoms with E-state index in [2.05, 4.69) is 16.9 Å². The predicted octanol–water partition coefficient (Wildman–Crippen LogP) is 2.71. The van der Waals surface area contributed by atoms with Gasteiger partial charge in [-0.15, -0.1) is 0 Å². The average Bonchev–Trinajstić information content (AvgIpc) is 2.80. The number of hydrogen-bond donors (Lipinski definition) is 1. The van der Waals surface area contributed by atoms with E-state index in [0.717, 1.165) is 25.7 Å². The van der Waals surface area contributed by atoms with Crippen molar-refractivity contribution in [2.75, 3.05) is 26.3 Å². The summed E-state index contributed by atoms with van der Waals surface area (Å²) < 4.78 is 60.5. The first-order valence-corrected chi connectivity index (χ1v) is 13.5. The molecule has 1 aliphatic heterocycles. The highest BCUT2D eigenvalue weighted by atomic mass is 32.2. The molecular formula is C22H28N2O5S2. The normalized spacial score (nSPS) is 23.5. The van der Waals surface area contributed by atoms with E-state index in [1.807, 2.05) is 18.2 Å². The maximum Gasteiger partial charge on any atom is 0.243 e. The van der Waals surface area contributed by atoms with Crippen LogP contribution in [0.3, 0.4) is 0 Å². The van der Waals surface area contributed by atoms with Gasteiger partial charge in [-0.05, 0) is 61.4 Å². The van der Waals surface area contributed by atoms with E-state index in [4.69, 9.17) is 4.74 Å². The lowest BCUT2D eigenvalue weighted by Crippen LogP contribution is -2.40. The summed E-state index contributed by atoms with van der Waals surface area (Å²) in [6.45, 7) is 1.33. The number of benzene rings is 2. The number of nitrogens with zero attached hydrogens (tertiary/aromatic N) is 1. The van der Waals surface area contributed by atoms with E-state index in [9.17, 15) is 16.8 Å². The largest absolute Gasteiger partial charge is 0.379 e. The van der Waals surface area contributed by atoms with Gasteiger partial charge in [0.05, 0.1) is 23.0 Å². The first kappa shape index (κ1) is 22.4. The Morgan fingerprint density at radius 1 is 0.774 bits per heavy atom. The topological polar surface area (TPSA) is 92.8 Å². The van der Waals surface area contributed by atoms with Crippen LogP contribution in [0.5, 0.6) is 0 Å². The van der Waals surface area contributed by atoms with Crippen LogP contribution in [0.4, 0.5) is 0 Å². The van der Waals surface area contributed by atoms with Gasteiger partial charge in [0, 0.05) is 19.1 Å². The van der Waals surface area contributed by atoms with Gasteiger partial charge in [0.15, 0.2) is 0 Å². The van der Waals surface area contributed by atoms with E-state index < -0.39 is 20.0 Å². The van der Waals surface area contributed by atoms with Crippen molar-refractivity contribution in [2.24, 2.45) is 0 Å². The van der Waals surface area contributed by atoms with Crippen LogP contribution < -0.4 is 4.72 Å². The molecule has 0 unspecified atom stereocenters. The Kier molecular flexibility index (Phi) is 6.78. The first-order chi connectivity index (χ1) is 14.9. The van der Waals surface area contributed by atoms with Crippen LogP contribution in [0.25, 0.3) is 0 Å². The van der Waals surface area contributed by atoms with Gasteiger partial charge in [-0.25, -0.2) is 21.6 Å². The molecule has 2 aliphatic rings. The van der Waals surface area contributed by atoms with Gasteiger partial charge in [0.2, 0.25) is 20.0 Å². The van der Waals surface area contributed by atoms with Gasteiger partial charge < -0.3 is 4.74 Å². The molecule has 2 fully saturated rings. The third-order valence-electron chi connectivity index (χ3n) is 6.06. The molecule has 168 valence electrons. The van der Waals surface area contributed by atoms with Crippen molar-refractivity contribution < 1.29 is 21.6 Å². The molecule has 9 heteroatoms. The van der Waals surface area contributed by atoms with Crippen LogP contribution in [0.2, 0.25) is 0 Å². The van der Waals surface area contributed by atoms with E-state index in [0.29, 0.717) is 32.2 Å². The molecule has 4 rings (SSSR count). The summed E-state index contributed by atoms with van der Waals surface area (Å²) >= 11 is 0. The zero-order valence-electron chi connectivity index (χ0n) is 17.3.